The van der Waals surface area contributed by atoms with Crippen molar-refractivity contribution < 1.29 is 4.43 Å². The van der Waals surface area contributed by atoms with Crippen LogP contribution in [0.2, 0.25) is 6.04 Å². The second kappa shape index (κ2) is 11.6. The number of rotatable bonds is 11. The van der Waals surface area contributed by atoms with Crippen LogP contribution in [-0.4, -0.2) is 46.9 Å². The van der Waals surface area contributed by atoms with Crippen LogP contribution in [0.1, 0.15) is 40.5 Å². The van der Waals surface area contributed by atoms with Gasteiger partial charge in [0.2, 0.25) is 0 Å². The van der Waals surface area contributed by atoms with Crippen LogP contribution in [0.3, 0.4) is 0 Å². The normalized spacial score (nSPS) is 13.3. The Bertz CT molecular complexity index is 119. The highest BCUT2D eigenvalue weighted by atomic mass is 28.3. The number of hydrogen-bond acceptors (Lipinski definition) is 3. The molecule has 0 aromatic rings. The van der Waals surface area contributed by atoms with Crippen LogP contribution in [0.4, 0.5) is 0 Å². The lowest BCUT2D eigenvalue weighted by atomic mass is 10.3. The number of hydrogen-bond donors (Lipinski definition) is 1. The van der Waals surface area contributed by atoms with Crippen molar-refractivity contribution in [2.75, 3.05) is 32.8 Å². The van der Waals surface area contributed by atoms with Gasteiger partial charge in [0.25, 0.3) is 9.20 Å². The van der Waals surface area contributed by atoms with Crippen LogP contribution in [0.15, 0.2) is 0 Å². The Hall–Kier alpha value is 0.0969. The van der Waals surface area contributed by atoms with E-state index >= 15 is 0 Å². The first-order valence-corrected chi connectivity index (χ1v) is 8.72. The van der Waals surface area contributed by atoms with Gasteiger partial charge in [-0.25, -0.2) is 0 Å². The summed E-state index contributed by atoms with van der Waals surface area (Å²) < 4.78 is 5.79. The smallest absolute Gasteiger partial charge is 0.253 e. The van der Waals surface area contributed by atoms with Gasteiger partial charge in [-0.05, 0) is 52.0 Å². The second-order valence-corrected chi connectivity index (χ2v) is 6.43. The van der Waals surface area contributed by atoms with Crippen molar-refractivity contribution in [2.24, 2.45) is 0 Å². The third-order valence-electron chi connectivity index (χ3n) is 2.59. The maximum Gasteiger partial charge on any atom is 0.253 e. The van der Waals surface area contributed by atoms with Gasteiger partial charge in [-0.15, -0.1) is 0 Å². The summed E-state index contributed by atoms with van der Waals surface area (Å²) in [5.74, 6) is 0. The molecule has 0 aliphatic heterocycles. The Morgan fingerprint density at radius 2 is 1.62 bits per heavy atom. The molecule has 0 spiro atoms. The topological polar surface area (TPSA) is 24.5 Å². The molecule has 0 aromatic carbocycles. The molecule has 1 N–H and O–H groups in total. The Kier molecular flexibility index (Phi) is 11.6. The van der Waals surface area contributed by atoms with Gasteiger partial charge in [0.1, 0.15) is 0 Å². The van der Waals surface area contributed by atoms with Crippen LogP contribution in [0.5, 0.6) is 0 Å². The molecule has 0 heterocycles. The third kappa shape index (κ3) is 8.27. The molecular weight excluding hydrogens is 216 g/mol. The summed E-state index contributed by atoms with van der Waals surface area (Å²) in [4.78, 5) is 6.08. The zero-order valence-electron chi connectivity index (χ0n) is 11.6. The molecule has 0 fully saturated rings. The lowest BCUT2D eigenvalue weighted by Gasteiger charge is -2.23. The summed E-state index contributed by atoms with van der Waals surface area (Å²) in [6, 6.07) is 1.22. The Morgan fingerprint density at radius 3 is 2.06 bits per heavy atom. The standard InChI is InChI=1S/C12H30N2OSi/c1-5-9-14(10-6-2)11-12-16(13-7-3)15-8-4/h13,16H,5-12H2,1-4H3. The summed E-state index contributed by atoms with van der Waals surface area (Å²) in [5, 5.41) is 0. The van der Waals surface area contributed by atoms with Gasteiger partial charge in [-0.2, -0.15) is 0 Å². The van der Waals surface area contributed by atoms with Gasteiger partial charge in [-0.1, -0.05) is 20.8 Å². The van der Waals surface area contributed by atoms with Crippen LogP contribution < -0.4 is 4.98 Å². The first-order chi connectivity index (χ1) is 7.78. The largest absolute Gasteiger partial charge is 0.406 e. The van der Waals surface area contributed by atoms with Crippen molar-refractivity contribution in [2.45, 2.75) is 46.6 Å². The van der Waals surface area contributed by atoms with Gasteiger partial charge in [0.15, 0.2) is 0 Å². The van der Waals surface area contributed by atoms with E-state index in [2.05, 4.69) is 37.6 Å². The lowest BCUT2D eigenvalue weighted by Crippen LogP contribution is -2.40. The van der Waals surface area contributed by atoms with Gasteiger partial charge >= 0.3 is 0 Å². The van der Waals surface area contributed by atoms with E-state index in [1.54, 1.807) is 0 Å². The molecule has 0 bridgehead atoms. The molecule has 0 aromatic heterocycles. The number of nitrogens with one attached hydrogen (secondary N) is 1. The molecule has 0 rings (SSSR count). The van der Waals surface area contributed by atoms with E-state index in [0.29, 0.717) is 0 Å². The fraction of sp³-hybridized carbons (Fsp3) is 1.00. The van der Waals surface area contributed by atoms with E-state index in [0.717, 1.165) is 13.2 Å². The van der Waals surface area contributed by atoms with Gasteiger partial charge in [-0.3, -0.25) is 0 Å². The molecule has 0 saturated heterocycles. The van der Waals surface area contributed by atoms with Crippen LogP contribution in [-0.2, 0) is 4.43 Å². The average molecular weight is 246 g/mol. The third-order valence-corrected chi connectivity index (χ3v) is 4.97. The van der Waals surface area contributed by atoms with E-state index < -0.39 is 9.20 Å². The second-order valence-electron chi connectivity index (χ2n) is 4.13. The Balaban J connectivity index is 3.83. The highest BCUT2D eigenvalue weighted by Gasteiger charge is 2.12. The molecule has 0 amide bonds. The molecule has 0 saturated carbocycles. The summed E-state index contributed by atoms with van der Waals surface area (Å²) >= 11 is 0. The minimum atomic E-state index is -1.13. The predicted octanol–water partition coefficient (Wildman–Crippen LogP) is 1.97. The molecule has 4 heteroatoms. The highest BCUT2D eigenvalue weighted by molar-refractivity contribution is 6.48. The van der Waals surface area contributed by atoms with Gasteiger partial charge in [0.05, 0.1) is 0 Å². The van der Waals surface area contributed by atoms with Gasteiger partial charge < -0.3 is 14.3 Å². The van der Waals surface area contributed by atoms with Crippen molar-refractivity contribution >= 4 is 9.20 Å². The Labute approximate surface area is 103 Å². The monoisotopic (exact) mass is 246 g/mol. The molecule has 3 nitrogen and oxygen atoms in total. The first kappa shape index (κ1) is 16.1. The van der Waals surface area contributed by atoms with Crippen LogP contribution in [0, 0.1) is 0 Å². The van der Waals surface area contributed by atoms with Gasteiger partial charge in [0, 0.05) is 6.61 Å². The molecule has 16 heavy (non-hydrogen) atoms. The van der Waals surface area contributed by atoms with Crippen molar-refractivity contribution in [1.82, 2.24) is 9.88 Å². The van der Waals surface area contributed by atoms with Crippen molar-refractivity contribution in [3.8, 4) is 0 Å². The molecule has 1 atom stereocenters. The first-order valence-electron chi connectivity index (χ1n) is 6.85. The molecular formula is C12H30N2OSi. The minimum absolute atomic E-state index is 0.853. The predicted molar refractivity (Wildman–Crippen MR) is 74.3 cm³/mol. The number of nitrogens with zero attached hydrogens (tertiary/aromatic N) is 1. The maximum atomic E-state index is 5.79. The molecule has 0 aliphatic rings. The molecule has 98 valence electrons. The fourth-order valence-electron chi connectivity index (χ4n) is 1.94. The summed E-state index contributed by atoms with van der Waals surface area (Å²) in [7, 11) is -1.13. The summed E-state index contributed by atoms with van der Waals surface area (Å²) in [6.45, 7) is 14.3. The van der Waals surface area contributed by atoms with E-state index in [1.807, 2.05) is 0 Å². The highest BCUT2D eigenvalue weighted by Crippen LogP contribution is 1.99. The summed E-state index contributed by atoms with van der Waals surface area (Å²) in [6.07, 6.45) is 2.50. The molecule has 0 radical (unpaired) electrons. The van der Waals surface area contributed by atoms with E-state index in [4.69, 9.17) is 4.43 Å². The zero-order valence-corrected chi connectivity index (χ0v) is 12.7. The van der Waals surface area contributed by atoms with E-state index in [1.165, 1.54) is 38.5 Å². The van der Waals surface area contributed by atoms with Crippen LogP contribution in [0.25, 0.3) is 0 Å². The maximum absolute atomic E-state index is 5.79. The summed E-state index contributed by atoms with van der Waals surface area (Å²) in [5.41, 5.74) is 0. The quantitative estimate of drug-likeness (QED) is 0.564. The SMILES string of the molecule is CCCN(CCC)CC[SiH](NCC)OCC. The van der Waals surface area contributed by atoms with E-state index in [9.17, 15) is 0 Å². The van der Waals surface area contributed by atoms with Crippen LogP contribution >= 0.6 is 0 Å². The lowest BCUT2D eigenvalue weighted by molar-refractivity contribution is 0.276. The van der Waals surface area contributed by atoms with Crippen molar-refractivity contribution in [3.05, 3.63) is 0 Å². The Morgan fingerprint density at radius 1 is 1.00 bits per heavy atom. The fourth-order valence-corrected chi connectivity index (χ4v) is 3.89. The zero-order chi connectivity index (χ0) is 12.2. The minimum Gasteiger partial charge on any atom is -0.406 e. The van der Waals surface area contributed by atoms with Crippen molar-refractivity contribution in [3.63, 3.8) is 0 Å². The molecule has 1 unspecified atom stereocenters. The molecule has 0 aliphatic carbocycles. The van der Waals surface area contributed by atoms with Crippen molar-refractivity contribution in [1.29, 1.82) is 0 Å². The van der Waals surface area contributed by atoms with E-state index in [-0.39, 0.29) is 0 Å². The average Bonchev–Trinajstić information content (AvgIpc) is 2.27.